The van der Waals surface area contributed by atoms with E-state index in [0.29, 0.717) is 9.60 Å². The average Bonchev–Trinajstić information content (AvgIpc) is 3.90. The Morgan fingerprint density at radius 1 is 0.694 bits per heavy atom. The third kappa shape index (κ3) is 4.91. The van der Waals surface area contributed by atoms with Gasteiger partial charge >= 0.3 is 0 Å². The van der Waals surface area contributed by atoms with Crippen molar-refractivity contribution in [3.05, 3.63) is 51.0 Å². The molecule has 1 aliphatic heterocycles. The molecule has 1 amide bonds. The molecule has 4 nitrogen and oxygen atoms in total. The van der Waals surface area contributed by atoms with Crippen molar-refractivity contribution in [3.8, 4) is 30.6 Å². The second kappa shape index (κ2) is 11.4. The zero-order chi connectivity index (χ0) is 34.9. The number of rotatable bonds is 7. The first-order valence-electron chi connectivity index (χ1n) is 15.8. The predicted octanol–water partition coefficient (Wildman–Crippen LogP) is 9.71. The molecule has 7 aromatic rings. The minimum Gasteiger partial charge on any atom is -0.291 e. The summed E-state index contributed by atoms with van der Waals surface area (Å²) in [5, 5.41) is 2.96. The van der Waals surface area contributed by atoms with Gasteiger partial charge in [0.25, 0.3) is 23.9 Å². The van der Waals surface area contributed by atoms with Crippen molar-refractivity contribution >= 4 is 147 Å². The van der Waals surface area contributed by atoms with Gasteiger partial charge in [0.15, 0.2) is 0 Å². The summed E-state index contributed by atoms with van der Waals surface area (Å²) in [5.74, 6) is -0.676. The molecule has 14 heteroatoms. The largest absolute Gasteiger partial charge is 0.291 e. The van der Waals surface area contributed by atoms with Gasteiger partial charge in [-0.05, 0) is 57.5 Å². The van der Waals surface area contributed by atoms with Gasteiger partial charge in [-0.2, -0.15) is 22.7 Å². The summed E-state index contributed by atoms with van der Waals surface area (Å²) in [7, 11) is 14.4. The molecule has 1 aliphatic rings. The highest BCUT2D eigenvalue weighted by atomic mass is 32.2. The molecule has 0 bridgehead atoms. The van der Waals surface area contributed by atoms with E-state index in [0.717, 1.165) is 72.7 Å². The van der Waals surface area contributed by atoms with Crippen LogP contribution in [-0.4, -0.2) is 42.2 Å². The molecule has 242 valence electrons. The van der Waals surface area contributed by atoms with Crippen molar-refractivity contribution in [1.82, 2.24) is 4.22 Å². The fourth-order valence-corrected chi connectivity index (χ4v) is 15.7. The number of hydrogen-bond donors (Lipinski definition) is 0. The van der Waals surface area contributed by atoms with Crippen LogP contribution in [0.5, 0.6) is 0 Å². The normalized spacial score (nSPS) is 15.1. The maximum Gasteiger partial charge on any atom is 0.265 e. The number of amides is 1. The van der Waals surface area contributed by atoms with Crippen molar-refractivity contribution in [2.75, 3.05) is 0 Å². The highest BCUT2D eigenvalue weighted by molar-refractivity contribution is 7.91. The first kappa shape index (κ1) is 33.9. The summed E-state index contributed by atoms with van der Waals surface area (Å²) in [6.07, 6.45) is 1.80. The smallest absolute Gasteiger partial charge is 0.265 e. The topological polar surface area (TPSA) is 54.5 Å². The maximum atomic E-state index is 13.5. The molecule has 49 heavy (non-hydrogen) atoms. The zero-order valence-electron chi connectivity index (χ0n) is 27.6. The van der Waals surface area contributed by atoms with E-state index in [4.69, 9.17) is 23.7 Å². The Balaban J connectivity index is 1.51. The summed E-state index contributed by atoms with van der Waals surface area (Å²) in [4.78, 5) is 19.9. The number of fused-ring (bicyclic) bond motifs is 5. The second-order valence-corrected chi connectivity index (χ2v) is 21.8. The van der Waals surface area contributed by atoms with Crippen LogP contribution >= 0.6 is 68.0 Å². The molecule has 0 spiro atoms. The molecule has 0 unspecified atom stereocenters. The van der Waals surface area contributed by atoms with Crippen molar-refractivity contribution in [2.24, 2.45) is 0 Å². The summed E-state index contributed by atoms with van der Waals surface area (Å²) < 4.78 is 32.2. The van der Waals surface area contributed by atoms with Gasteiger partial charge in [0.2, 0.25) is 0 Å². The van der Waals surface area contributed by atoms with E-state index in [2.05, 4.69) is 65.8 Å². The molecule has 0 saturated heterocycles. The monoisotopic (exact) mass is 767 g/mol. The lowest BCUT2D eigenvalue weighted by Crippen LogP contribution is -2.27. The molecule has 0 aliphatic carbocycles. The molecule has 6 radical (unpaired) electrons. The SMILES string of the molecule is [B]c1ccc(-c2c3cc(C(C)(C)CC)sc3c(-c3ccc([B])s3)c3cc(-c4sc(C(C)(C)CC)c5c6c(sc45)C(=O)N([B])S6(=O)=O)sc23)s1. The van der Waals surface area contributed by atoms with E-state index in [-0.39, 0.29) is 20.6 Å². The summed E-state index contributed by atoms with van der Waals surface area (Å²) in [5.41, 5.74) is 1.99. The molecule has 8 rings (SSSR count). The number of carbonyl (C=O) groups is 1. The first-order chi connectivity index (χ1) is 23.1. The van der Waals surface area contributed by atoms with Gasteiger partial charge in [-0.1, -0.05) is 53.7 Å². The first-order valence-corrected chi connectivity index (χ1v) is 22.1. The van der Waals surface area contributed by atoms with Crippen LogP contribution in [0.4, 0.5) is 0 Å². The summed E-state index contributed by atoms with van der Waals surface area (Å²) in [6.45, 7) is 13.2. The molecule has 0 fully saturated rings. The molecular weight excluding hydrogens is 739 g/mol. The van der Waals surface area contributed by atoms with Crippen molar-refractivity contribution in [3.63, 3.8) is 0 Å². The van der Waals surface area contributed by atoms with Crippen molar-refractivity contribution in [1.29, 1.82) is 0 Å². The molecule has 6 aromatic heterocycles. The second-order valence-electron chi connectivity index (χ2n) is 13.7. The van der Waals surface area contributed by atoms with Gasteiger partial charge in [-0.3, -0.25) is 9.01 Å². The molecule has 7 heterocycles. The van der Waals surface area contributed by atoms with Gasteiger partial charge in [0, 0.05) is 61.1 Å². The molecule has 1 aromatic carbocycles. The lowest BCUT2D eigenvalue weighted by atomic mass is 9.87. The van der Waals surface area contributed by atoms with Crippen LogP contribution in [-0.2, 0) is 20.9 Å². The molecule has 0 saturated carbocycles. The Morgan fingerprint density at radius 2 is 1.27 bits per heavy atom. The fourth-order valence-electron chi connectivity index (χ4n) is 6.33. The van der Waals surface area contributed by atoms with E-state index in [1.807, 2.05) is 23.5 Å². The van der Waals surface area contributed by atoms with Crippen LogP contribution in [0, 0.1) is 0 Å². The average molecular weight is 768 g/mol. The quantitative estimate of drug-likeness (QED) is 0.152. The van der Waals surface area contributed by atoms with E-state index >= 15 is 0 Å². The van der Waals surface area contributed by atoms with Gasteiger partial charge < -0.3 is 0 Å². The number of hydrogen-bond acceptors (Lipinski definition) is 9. The number of thiophene rings is 6. The number of benzene rings is 1. The maximum absolute atomic E-state index is 13.5. The van der Waals surface area contributed by atoms with Gasteiger partial charge in [-0.25, -0.2) is 8.42 Å². The van der Waals surface area contributed by atoms with Gasteiger partial charge in [0.1, 0.15) is 25.5 Å². The number of carbonyl (C=O) groups excluding carboxylic acids is 1. The Kier molecular flexibility index (Phi) is 7.90. The standard InChI is InChI=1S/C35H28B3NO3S7/c1-7-34(3,4)20-14-16-24(18-10-12-22(37)44-18)26-15(23(27(16)46-20)17-9-11-21(36)43-17)13-19(45-26)28-29-25(32(48-28)35(5,6)8-2)31-30(47-29)33(40)39(38)49(31,41)42/h9-14H,7-8H2,1-6H3. The van der Waals surface area contributed by atoms with Crippen LogP contribution in [0.1, 0.15) is 73.8 Å². The fraction of sp³-hybridized carbons (Fsp3) is 0.286. The van der Waals surface area contributed by atoms with E-state index < -0.39 is 15.9 Å². The van der Waals surface area contributed by atoms with E-state index in [1.54, 1.807) is 45.3 Å². The van der Waals surface area contributed by atoms with Crippen molar-refractivity contribution < 1.29 is 13.2 Å². The third-order valence-corrected chi connectivity index (χ3v) is 19.2. The lowest BCUT2D eigenvalue weighted by Gasteiger charge is -2.21. The number of nitrogens with zero attached hydrogens (tertiary/aromatic N) is 1. The Bertz CT molecular complexity index is 2530. The lowest BCUT2D eigenvalue weighted by molar-refractivity contribution is 0.0933. The van der Waals surface area contributed by atoms with E-state index in [1.165, 1.54) is 26.3 Å². The summed E-state index contributed by atoms with van der Waals surface area (Å²) >= 11 is 9.61. The molecule has 0 atom stereocenters. The van der Waals surface area contributed by atoms with E-state index in [9.17, 15) is 13.2 Å². The summed E-state index contributed by atoms with van der Waals surface area (Å²) in [6, 6.07) is 12.8. The third-order valence-electron chi connectivity index (χ3n) is 9.89. The predicted molar refractivity (Wildman–Crippen MR) is 219 cm³/mol. The Hall–Kier alpha value is -2.19. The van der Waals surface area contributed by atoms with Crippen LogP contribution in [0.3, 0.4) is 0 Å². The minimum absolute atomic E-state index is 0.00126. The van der Waals surface area contributed by atoms with Crippen molar-refractivity contribution in [2.45, 2.75) is 70.1 Å². The van der Waals surface area contributed by atoms with Gasteiger partial charge in [-0.15, -0.1) is 45.3 Å². The highest BCUT2D eigenvalue weighted by Gasteiger charge is 2.45. The van der Waals surface area contributed by atoms with Crippen LogP contribution in [0.25, 0.3) is 60.9 Å². The Morgan fingerprint density at radius 3 is 1.82 bits per heavy atom. The van der Waals surface area contributed by atoms with Crippen LogP contribution < -0.4 is 9.55 Å². The number of sulfonamides is 1. The minimum atomic E-state index is -4.16. The van der Waals surface area contributed by atoms with Crippen LogP contribution in [0.15, 0.2) is 41.3 Å². The Labute approximate surface area is 314 Å². The van der Waals surface area contributed by atoms with Gasteiger partial charge in [0.05, 0.1) is 9.58 Å². The molecular formula is C35H28B3NO3S7. The van der Waals surface area contributed by atoms with Crippen LogP contribution in [0.2, 0.25) is 0 Å². The zero-order valence-corrected chi connectivity index (χ0v) is 33.4. The molecule has 0 N–H and O–H groups in total. The highest BCUT2D eigenvalue weighted by Crippen LogP contribution is 2.58.